The molecule has 0 fully saturated rings. The molecule has 0 aliphatic rings. The van der Waals surface area contributed by atoms with Crippen LogP contribution in [0.2, 0.25) is 0 Å². The minimum atomic E-state index is -0.513. The first-order chi connectivity index (χ1) is 8.17. The Balaban J connectivity index is 2.60. The van der Waals surface area contributed by atoms with Crippen molar-refractivity contribution in [3.8, 4) is 11.8 Å². The Morgan fingerprint density at radius 2 is 2.24 bits per heavy atom. The number of benzene rings is 1. The van der Waals surface area contributed by atoms with Crippen LogP contribution in [0.4, 0.5) is 0 Å². The molecule has 0 aliphatic carbocycles. The van der Waals surface area contributed by atoms with Gasteiger partial charge in [-0.25, -0.2) is 0 Å². The molecule has 0 bridgehead atoms. The van der Waals surface area contributed by atoms with Gasteiger partial charge >= 0.3 is 5.97 Å². The van der Waals surface area contributed by atoms with Gasteiger partial charge in [-0.2, -0.15) is 5.26 Å². The Morgan fingerprint density at radius 1 is 1.53 bits per heavy atom. The van der Waals surface area contributed by atoms with Gasteiger partial charge in [0.15, 0.2) is 0 Å². The minimum Gasteiger partial charge on any atom is -0.488 e. The SMILES string of the molecule is CC(=O)OC(CCl)COc1ccccc1C#N. The maximum absolute atomic E-state index is 10.8. The van der Waals surface area contributed by atoms with E-state index >= 15 is 0 Å². The molecular weight excluding hydrogens is 242 g/mol. The molecule has 1 aromatic carbocycles. The van der Waals surface area contributed by atoms with Crippen LogP contribution in [-0.4, -0.2) is 24.6 Å². The van der Waals surface area contributed by atoms with E-state index in [1.54, 1.807) is 24.3 Å². The van der Waals surface area contributed by atoms with Crippen molar-refractivity contribution in [3.63, 3.8) is 0 Å². The summed E-state index contributed by atoms with van der Waals surface area (Å²) in [5.41, 5.74) is 0.434. The van der Waals surface area contributed by atoms with Crippen molar-refractivity contribution >= 4 is 17.6 Å². The predicted molar refractivity (Wildman–Crippen MR) is 62.9 cm³/mol. The second kappa shape index (κ2) is 6.77. The lowest BCUT2D eigenvalue weighted by molar-refractivity contribution is -0.146. The largest absolute Gasteiger partial charge is 0.488 e. The van der Waals surface area contributed by atoms with Gasteiger partial charge in [-0.1, -0.05) is 12.1 Å². The molecule has 0 saturated carbocycles. The van der Waals surface area contributed by atoms with E-state index in [-0.39, 0.29) is 12.5 Å². The fraction of sp³-hybridized carbons (Fsp3) is 0.333. The van der Waals surface area contributed by atoms with Crippen LogP contribution in [-0.2, 0) is 9.53 Å². The van der Waals surface area contributed by atoms with Crippen molar-refractivity contribution in [2.24, 2.45) is 0 Å². The van der Waals surface area contributed by atoms with Crippen LogP contribution in [0.5, 0.6) is 5.75 Å². The van der Waals surface area contributed by atoms with Crippen LogP contribution in [0.25, 0.3) is 0 Å². The number of rotatable bonds is 5. The fourth-order valence-electron chi connectivity index (χ4n) is 1.21. The number of hydrogen-bond acceptors (Lipinski definition) is 4. The van der Waals surface area contributed by atoms with Crippen LogP contribution >= 0.6 is 11.6 Å². The molecule has 0 saturated heterocycles. The quantitative estimate of drug-likeness (QED) is 0.596. The van der Waals surface area contributed by atoms with E-state index < -0.39 is 12.1 Å². The number of carbonyl (C=O) groups is 1. The van der Waals surface area contributed by atoms with Gasteiger partial charge in [0, 0.05) is 6.92 Å². The summed E-state index contributed by atoms with van der Waals surface area (Å²) in [6, 6.07) is 8.85. The predicted octanol–water partition coefficient (Wildman–Crippen LogP) is 2.11. The van der Waals surface area contributed by atoms with Crippen LogP contribution in [0.15, 0.2) is 24.3 Å². The van der Waals surface area contributed by atoms with Crippen LogP contribution < -0.4 is 4.74 Å². The van der Waals surface area contributed by atoms with Crippen molar-refractivity contribution in [3.05, 3.63) is 29.8 Å². The van der Waals surface area contributed by atoms with Gasteiger partial charge in [0.05, 0.1) is 11.4 Å². The Kier molecular flexibility index (Phi) is 5.31. The first-order valence-electron chi connectivity index (χ1n) is 5.02. The van der Waals surface area contributed by atoms with Gasteiger partial charge in [-0.3, -0.25) is 4.79 Å². The molecule has 17 heavy (non-hydrogen) atoms. The lowest BCUT2D eigenvalue weighted by Gasteiger charge is -2.15. The summed E-state index contributed by atoms with van der Waals surface area (Å²) in [6.07, 6.45) is -0.513. The van der Waals surface area contributed by atoms with E-state index in [2.05, 4.69) is 0 Å². The third-order valence-corrected chi connectivity index (χ3v) is 2.28. The number of alkyl halides is 1. The Morgan fingerprint density at radius 3 is 2.82 bits per heavy atom. The van der Waals surface area contributed by atoms with Gasteiger partial charge in [0.25, 0.3) is 0 Å². The highest BCUT2D eigenvalue weighted by Gasteiger charge is 2.12. The molecule has 0 aliphatic heterocycles. The highest BCUT2D eigenvalue weighted by atomic mass is 35.5. The summed E-state index contributed by atoms with van der Waals surface area (Å²) in [6.45, 7) is 1.44. The molecular formula is C12H12ClNO3. The Bertz CT molecular complexity index is 428. The van der Waals surface area contributed by atoms with Gasteiger partial charge in [0.1, 0.15) is 24.5 Å². The molecule has 5 heteroatoms. The number of halogens is 1. The average Bonchev–Trinajstić information content (AvgIpc) is 2.34. The van der Waals surface area contributed by atoms with Crippen LogP contribution in [0.1, 0.15) is 12.5 Å². The number of nitriles is 1. The Hall–Kier alpha value is -1.73. The molecule has 1 atom stereocenters. The van der Waals surface area contributed by atoms with Crippen LogP contribution in [0, 0.1) is 11.3 Å². The first-order valence-corrected chi connectivity index (χ1v) is 5.56. The first kappa shape index (κ1) is 13.3. The van der Waals surface area contributed by atoms with Crippen LogP contribution in [0.3, 0.4) is 0 Å². The van der Waals surface area contributed by atoms with E-state index in [4.69, 9.17) is 26.3 Å². The molecule has 0 spiro atoms. The monoisotopic (exact) mass is 253 g/mol. The molecule has 0 N–H and O–H groups in total. The second-order valence-corrected chi connectivity index (χ2v) is 3.61. The molecule has 1 aromatic rings. The summed E-state index contributed by atoms with van der Waals surface area (Å²) in [4.78, 5) is 10.8. The molecule has 0 radical (unpaired) electrons. The fourth-order valence-corrected chi connectivity index (χ4v) is 1.36. The summed E-state index contributed by atoms with van der Waals surface area (Å²) >= 11 is 5.63. The van der Waals surface area contributed by atoms with E-state index in [0.717, 1.165) is 0 Å². The third-order valence-electron chi connectivity index (χ3n) is 1.94. The van der Waals surface area contributed by atoms with Gasteiger partial charge in [-0.05, 0) is 12.1 Å². The number of esters is 1. The smallest absolute Gasteiger partial charge is 0.303 e. The maximum atomic E-state index is 10.8. The molecule has 1 rings (SSSR count). The number of para-hydroxylation sites is 1. The average molecular weight is 254 g/mol. The lowest BCUT2D eigenvalue weighted by atomic mass is 10.2. The maximum Gasteiger partial charge on any atom is 0.303 e. The van der Waals surface area contributed by atoms with E-state index in [1.807, 2.05) is 6.07 Å². The van der Waals surface area contributed by atoms with Crippen molar-refractivity contribution in [2.45, 2.75) is 13.0 Å². The van der Waals surface area contributed by atoms with E-state index in [9.17, 15) is 4.79 Å². The zero-order valence-corrected chi connectivity index (χ0v) is 10.1. The number of hydrogen-bond donors (Lipinski definition) is 0. The minimum absolute atomic E-state index is 0.127. The zero-order chi connectivity index (χ0) is 12.7. The molecule has 0 amide bonds. The molecule has 0 aromatic heterocycles. The van der Waals surface area contributed by atoms with Gasteiger partial charge in [-0.15, -0.1) is 11.6 Å². The number of carbonyl (C=O) groups excluding carboxylic acids is 1. The molecule has 1 unspecified atom stereocenters. The van der Waals surface area contributed by atoms with Crippen molar-refractivity contribution in [1.29, 1.82) is 5.26 Å². The molecule has 0 heterocycles. The Labute approximate surface area is 105 Å². The molecule has 4 nitrogen and oxygen atoms in total. The van der Waals surface area contributed by atoms with Crippen molar-refractivity contribution in [2.75, 3.05) is 12.5 Å². The van der Waals surface area contributed by atoms with Crippen molar-refractivity contribution in [1.82, 2.24) is 0 Å². The highest BCUT2D eigenvalue weighted by molar-refractivity contribution is 6.18. The zero-order valence-electron chi connectivity index (χ0n) is 9.35. The van der Waals surface area contributed by atoms with Gasteiger partial charge in [0.2, 0.25) is 0 Å². The van der Waals surface area contributed by atoms with Gasteiger partial charge < -0.3 is 9.47 Å². The van der Waals surface area contributed by atoms with Crippen molar-refractivity contribution < 1.29 is 14.3 Å². The topological polar surface area (TPSA) is 59.3 Å². The standard InChI is InChI=1S/C12H12ClNO3/c1-9(15)17-11(6-13)8-16-12-5-3-2-4-10(12)7-14/h2-5,11H,6,8H2,1H3. The second-order valence-electron chi connectivity index (χ2n) is 3.30. The van der Waals surface area contributed by atoms with E-state index in [1.165, 1.54) is 6.92 Å². The number of nitrogens with zero attached hydrogens (tertiary/aromatic N) is 1. The summed E-state index contributed by atoms with van der Waals surface area (Å²) in [7, 11) is 0. The summed E-state index contributed by atoms with van der Waals surface area (Å²) in [5, 5.41) is 8.84. The third kappa shape index (κ3) is 4.33. The van der Waals surface area contributed by atoms with E-state index in [0.29, 0.717) is 11.3 Å². The summed E-state index contributed by atoms with van der Waals surface area (Å²) < 4.78 is 10.3. The number of ether oxygens (including phenoxy) is 2. The normalized spacial score (nSPS) is 11.4. The molecule has 90 valence electrons. The lowest BCUT2D eigenvalue weighted by Crippen LogP contribution is -2.25. The summed E-state index contributed by atoms with van der Waals surface area (Å²) in [5.74, 6) is 0.194. The highest BCUT2D eigenvalue weighted by Crippen LogP contribution is 2.17.